The topological polar surface area (TPSA) is 9.23 Å². The fourth-order valence-electron chi connectivity index (χ4n) is 2.39. The Morgan fingerprint density at radius 2 is 0.880 bits per heavy atom. The Kier molecular flexibility index (Phi) is 5.36. The Hall–Kier alpha value is -1.97. The summed E-state index contributed by atoms with van der Waals surface area (Å²) >= 11 is -3.73. The van der Waals surface area contributed by atoms with Crippen LogP contribution in [0.2, 0.25) is 0 Å². The van der Waals surface area contributed by atoms with Crippen molar-refractivity contribution in [1.29, 1.82) is 0 Å². The second-order valence-electron chi connectivity index (χ2n) is 5.22. The summed E-state index contributed by atoms with van der Waals surface area (Å²) in [4.78, 5) is 0. The molecule has 3 aromatic rings. The number of halogens is 5. The molecule has 3 aromatic carbocycles. The van der Waals surface area contributed by atoms with Crippen LogP contribution in [0.1, 0.15) is 0 Å². The molecular formula is C18H10F5OTl. The Bertz CT molecular complexity index is 818. The Morgan fingerprint density at radius 3 is 1.28 bits per heavy atom. The normalized spacial score (nSPS) is 10.6. The van der Waals surface area contributed by atoms with Crippen LogP contribution in [-0.4, -0.2) is 23.2 Å². The van der Waals surface area contributed by atoms with Crippen molar-refractivity contribution >= 4 is 29.4 Å². The molecule has 0 heterocycles. The number of rotatable bonds is 4. The maximum absolute atomic E-state index is 14.0. The molecule has 126 valence electrons. The van der Waals surface area contributed by atoms with Crippen LogP contribution in [0.25, 0.3) is 0 Å². The van der Waals surface area contributed by atoms with Crippen LogP contribution in [-0.2, 0) is 0 Å². The SMILES string of the molecule is Fc1c(F)c(F)c([O][Tl]([c]2ccccc2)[c]2ccccc2)c(F)c1F. The minimum atomic E-state index is -3.73. The Labute approximate surface area is 149 Å². The van der Waals surface area contributed by atoms with Gasteiger partial charge in [-0.25, -0.2) is 0 Å². The number of hydrogen-bond donors (Lipinski definition) is 0. The first-order chi connectivity index (χ1) is 12.0. The van der Waals surface area contributed by atoms with E-state index in [0.29, 0.717) is 0 Å². The molecule has 0 amide bonds. The van der Waals surface area contributed by atoms with Gasteiger partial charge < -0.3 is 0 Å². The van der Waals surface area contributed by atoms with Gasteiger partial charge in [-0.2, -0.15) is 0 Å². The van der Waals surface area contributed by atoms with Crippen molar-refractivity contribution in [2.24, 2.45) is 0 Å². The van der Waals surface area contributed by atoms with Gasteiger partial charge in [-0.05, 0) is 0 Å². The molecule has 0 radical (unpaired) electrons. The van der Waals surface area contributed by atoms with Gasteiger partial charge in [0.2, 0.25) is 0 Å². The average Bonchev–Trinajstić information content (AvgIpc) is 2.66. The van der Waals surface area contributed by atoms with Gasteiger partial charge in [0.05, 0.1) is 0 Å². The van der Waals surface area contributed by atoms with Crippen LogP contribution >= 0.6 is 0 Å². The monoisotopic (exact) mass is 542 g/mol. The van der Waals surface area contributed by atoms with E-state index in [1.54, 1.807) is 60.7 Å². The van der Waals surface area contributed by atoms with Crippen molar-refractivity contribution in [1.82, 2.24) is 0 Å². The molecule has 0 aromatic heterocycles. The molecule has 0 saturated heterocycles. The molecular weight excluding hydrogens is 532 g/mol. The molecule has 0 unspecified atom stereocenters. The van der Waals surface area contributed by atoms with Gasteiger partial charge in [-0.3, -0.25) is 0 Å². The van der Waals surface area contributed by atoms with E-state index in [9.17, 15) is 22.0 Å². The van der Waals surface area contributed by atoms with Crippen LogP contribution in [0, 0.1) is 29.1 Å². The summed E-state index contributed by atoms with van der Waals surface area (Å²) in [6.07, 6.45) is 0. The van der Waals surface area contributed by atoms with Crippen LogP contribution in [0.3, 0.4) is 0 Å². The molecule has 0 atom stereocenters. The molecule has 25 heavy (non-hydrogen) atoms. The molecule has 0 spiro atoms. The van der Waals surface area contributed by atoms with E-state index in [2.05, 4.69) is 0 Å². The average molecular weight is 542 g/mol. The van der Waals surface area contributed by atoms with Gasteiger partial charge in [0, 0.05) is 0 Å². The van der Waals surface area contributed by atoms with Crippen LogP contribution in [0.15, 0.2) is 60.7 Å². The third-order valence-corrected chi connectivity index (χ3v) is 13.1. The van der Waals surface area contributed by atoms with Crippen molar-refractivity contribution in [3.63, 3.8) is 0 Å². The van der Waals surface area contributed by atoms with Crippen LogP contribution < -0.4 is 8.93 Å². The molecule has 0 N–H and O–H groups in total. The van der Waals surface area contributed by atoms with Gasteiger partial charge in [0.15, 0.2) is 0 Å². The first kappa shape index (κ1) is 17.8. The summed E-state index contributed by atoms with van der Waals surface area (Å²) in [7, 11) is 0. The van der Waals surface area contributed by atoms with Crippen LogP contribution in [0.4, 0.5) is 22.0 Å². The molecule has 0 aliphatic carbocycles. The zero-order valence-electron chi connectivity index (χ0n) is 12.6. The van der Waals surface area contributed by atoms with Gasteiger partial charge >= 0.3 is 150 Å². The van der Waals surface area contributed by atoms with Gasteiger partial charge in [0.25, 0.3) is 0 Å². The summed E-state index contributed by atoms with van der Waals surface area (Å²) in [5.41, 5.74) is 0. The summed E-state index contributed by atoms with van der Waals surface area (Å²) in [6.45, 7) is 0. The van der Waals surface area contributed by atoms with E-state index in [0.717, 1.165) is 6.25 Å². The summed E-state index contributed by atoms with van der Waals surface area (Å²) in [5, 5.41) is 0. The van der Waals surface area contributed by atoms with E-state index < -0.39 is 58.0 Å². The molecule has 3 rings (SSSR count). The third kappa shape index (κ3) is 3.53. The molecule has 7 heteroatoms. The van der Waals surface area contributed by atoms with Gasteiger partial charge in [-0.1, -0.05) is 0 Å². The van der Waals surface area contributed by atoms with E-state index in [1.165, 1.54) is 0 Å². The number of hydrogen-bond acceptors (Lipinski definition) is 1. The van der Waals surface area contributed by atoms with E-state index >= 15 is 0 Å². The van der Waals surface area contributed by atoms with Crippen molar-refractivity contribution in [3.05, 3.63) is 89.7 Å². The van der Waals surface area contributed by atoms with E-state index in [-0.39, 0.29) is 0 Å². The van der Waals surface area contributed by atoms with E-state index in [4.69, 9.17) is 2.69 Å². The third-order valence-electron chi connectivity index (χ3n) is 3.61. The quantitative estimate of drug-likeness (QED) is 0.213. The molecule has 0 bridgehead atoms. The zero-order valence-corrected chi connectivity index (χ0v) is 17.1. The Morgan fingerprint density at radius 1 is 0.520 bits per heavy atom. The standard InChI is InChI=1S/C6HF5O.2C6H5.Tl/c7-1-2(8)4(10)6(12)5(11)3(1)9;2*1-2-4-6-5-3-1;/h12H;2*1-5H;/q;;;+1/p-1. The fraction of sp³-hybridized carbons (Fsp3) is 0. The second kappa shape index (κ2) is 7.51. The predicted octanol–water partition coefficient (Wildman–Crippen LogP) is 3.57. The fourth-order valence-corrected chi connectivity index (χ4v) is 11.1. The second-order valence-corrected chi connectivity index (χ2v) is 14.3. The summed E-state index contributed by atoms with van der Waals surface area (Å²) in [6, 6.07) is 17.4. The van der Waals surface area contributed by atoms with Crippen molar-refractivity contribution in [2.45, 2.75) is 0 Å². The Balaban J connectivity index is 2.12. The summed E-state index contributed by atoms with van der Waals surface area (Å²) < 4.78 is 75.0. The molecule has 0 saturated carbocycles. The predicted molar refractivity (Wildman–Crippen MR) is 84.8 cm³/mol. The molecule has 1 nitrogen and oxygen atoms in total. The summed E-state index contributed by atoms with van der Waals surface area (Å²) in [5.74, 6) is -11.3. The van der Waals surface area contributed by atoms with E-state index in [1.807, 2.05) is 0 Å². The van der Waals surface area contributed by atoms with Gasteiger partial charge in [0.1, 0.15) is 0 Å². The van der Waals surface area contributed by atoms with Gasteiger partial charge in [-0.15, -0.1) is 0 Å². The zero-order chi connectivity index (χ0) is 18.0. The molecule has 0 aliphatic rings. The molecule has 0 fully saturated rings. The minimum absolute atomic E-state index is 0.720. The maximum atomic E-state index is 14.0. The van der Waals surface area contributed by atoms with Crippen molar-refractivity contribution in [3.8, 4) is 5.75 Å². The first-order valence-electron chi connectivity index (χ1n) is 7.28. The van der Waals surface area contributed by atoms with Crippen molar-refractivity contribution < 1.29 is 24.6 Å². The molecule has 0 aliphatic heterocycles. The van der Waals surface area contributed by atoms with Crippen LogP contribution in [0.5, 0.6) is 5.75 Å². The number of benzene rings is 3. The first-order valence-corrected chi connectivity index (χ1v) is 13.6. The van der Waals surface area contributed by atoms with Crippen molar-refractivity contribution in [2.75, 3.05) is 0 Å².